The second-order valence-electron chi connectivity index (χ2n) is 5.43. The number of rotatable bonds is 4. The van der Waals surface area contributed by atoms with Crippen LogP contribution in [0.4, 0.5) is 0 Å². The van der Waals surface area contributed by atoms with Crippen molar-refractivity contribution in [3.05, 3.63) is 18.0 Å². The van der Waals surface area contributed by atoms with Gasteiger partial charge in [-0.15, -0.1) is 0 Å². The number of hydrogen-bond donors (Lipinski definition) is 1. The molecule has 4 nitrogen and oxygen atoms in total. The van der Waals surface area contributed by atoms with Crippen molar-refractivity contribution >= 4 is 0 Å². The minimum absolute atomic E-state index is 0.723. The summed E-state index contributed by atoms with van der Waals surface area (Å²) in [7, 11) is 1.98. The molecular formula is C13H22N4. The molecule has 1 atom stereocenters. The van der Waals surface area contributed by atoms with Gasteiger partial charge in [-0.3, -0.25) is 4.68 Å². The summed E-state index contributed by atoms with van der Waals surface area (Å²) in [5, 5.41) is 8.13. The maximum absolute atomic E-state index is 4.41. The third kappa shape index (κ3) is 2.53. The van der Waals surface area contributed by atoms with Gasteiger partial charge in [0, 0.05) is 38.8 Å². The van der Waals surface area contributed by atoms with Crippen molar-refractivity contribution < 1.29 is 0 Å². The lowest BCUT2D eigenvalue weighted by atomic mass is 9.84. The molecule has 4 heteroatoms. The molecule has 3 saturated heterocycles. The summed E-state index contributed by atoms with van der Waals surface area (Å²) < 4.78 is 1.88. The molecule has 3 fully saturated rings. The van der Waals surface area contributed by atoms with E-state index >= 15 is 0 Å². The number of piperidine rings is 3. The van der Waals surface area contributed by atoms with Crippen molar-refractivity contribution in [3.63, 3.8) is 0 Å². The first-order chi connectivity index (χ1) is 8.31. The molecule has 1 unspecified atom stereocenters. The van der Waals surface area contributed by atoms with Crippen molar-refractivity contribution in [3.8, 4) is 0 Å². The highest BCUT2D eigenvalue weighted by molar-refractivity contribution is 4.99. The predicted molar refractivity (Wildman–Crippen MR) is 67.9 cm³/mol. The number of fused-ring (bicyclic) bond motifs is 3. The molecule has 4 heterocycles. The van der Waals surface area contributed by atoms with Gasteiger partial charge >= 0.3 is 0 Å². The molecule has 3 aliphatic rings. The highest BCUT2D eigenvalue weighted by Crippen LogP contribution is 2.27. The summed E-state index contributed by atoms with van der Waals surface area (Å²) in [5.41, 5.74) is 1.20. The Labute approximate surface area is 103 Å². The van der Waals surface area contributed by atoms with E-state index in [4.69, 9.17) is 0 Å². The average molecular weight is 234 g/mol. The van der Waals surface area contributed by atoms with Gasteiger partial charge in [-0.2, -0.15) is 5.10 Å². The zero-order valence-electron chi connectivity index (χ0n) is 10.6. The Morgan fingerprint density at radius 2 is 2.24 bits per heavy atom. The Morgan fingerprint density at radius 1 is 1.41 bits per heavy atom. The molecule has 4 rings (SSSR count). The fourth-order valence-electron chi connectivity index (χ4n) is 3.18. The van der Waals surface area contributed by atoms with Gasteiger partial charge in [0.2, 0.25) is 0 Å². The van der Waals surface area contributed by atoms with Crippen molar-refractivity contribution in [2.24, 2.45) is 13.0 Å². The Balaban J connectivity index is 1.45. The molecule has 3 aliphatic heterocycles. The van der Waals surface area contributed by atoms with Gasteiger partial charge in [0.25, 0.3) is 0 Å². The number of aromatic nitrogens is 2. The normalized spacial score (nSPS) is 31.9. The third-order valence-electron chi connectivity index (χ3n) is 4.21. The molecule has 0 saturated carbocycles. The molecule has 0 aromatic carbocycles. The van der Waals surface area contributed by atoms with Crippen LogP contribution < -0.4 is 5.32 Å². The van der Waals surface area contributed by atoms with Crippen LogP contribution in [0.5, 0.6) is 0 Å². The maximum atomic E-state index is 4.41. The van der Waals surface area contributed by atoms with E-state index in [1.54, 1.807) is 0 Å². The first kappa shape index (κ1) is 11.2. The standard InChI is InChI=1S/C13H22N4/c1-16-7-5-12(15-16)2-6-14-13-10-17-8-3-11(13)4-9-17/h5,7,11,13-14H,2-4,6,8-10H2,1H3. The highest BCUT2D eigenvalue weighted by atomic mass is 15.2. The van der Waals surface area contributed by atoms with E-state index in [0.717, 1.165) is 24.9 Å². The minimum Gasteiger partial charge on any atom is -0.312 e. The van der Waals surface area contributed by atoms with Crippen LogP contribution in [0.15, 0.2) is 12.3 Å². The van der Waals surface area contributed by atoms with E-state index in [1.807, 2.05) is 17.9 Å². The van der Waals surface area contributed by atoms with Crippen LogP contribution in [0.1, 0.15) is 18.5 Å². The monoisotopic (exact) mass is 234 g/mol. The van der Waals surface area contributed by atoms with Gasteiger partial charge in [-0.1, -0.05) is 0 Å². The van der Waals surface area contributed by atoms with Crippen molar-refractivity contribution in [2.75, 3.05) is 26.2 Å². The second kappa shape index (κ2) is 4.78. The van der Waals surface area contributed by atoms with Crippen molar-refractivity contribution in [2.45, 2.75) is 25.3 Å². The zero-order chi connectivity index (χ0) is 11.7. The molecule has 1 N–H and O–H groups in total. The molecule has 0 amide bonds. The lowest BCUT2D eigenvalue weighted by Gasteiger charge is -2.45. The lowest BCUT2D eigenvalue weighted by molar-refractivity contribution is 0.0731. The smallest absolute Gasteiger partial charge is 0.0637 e. The van der Waals surface area contributed by atoms with Gasteiger partial charge < -0.3 is 10.2 Å². The van der Waals surface area contributed by atoms with Crippen molar-refractivity contribution in [1.29, 1.82) is 0 Å². The quantitative estimate of drug-likeness (QED) is 0.830. The Hall–Kier alpha value is -0.870. The van der Waals surface area contributed by atoms with Gasteiger partial charge in [0.15, 0.2) is 0 Å². The summed E-state index contributed by atoms with van der Waals surface area (Å²) in [6.07, 6.45) is 5.84. The number of nitrogens with one attached hydrogen (secondary N) is 1. The summed E-state index contributed by atoms with van der Waals surface area (Å²) in [5.74, 6) is 0.920. The van der Waals surface area contributed by atoms with Crippen LogP contribution in [0.3, 0.4) is 0 Å². The fraction of sp³-hybridized carbons (Fsp3) is 0.769. The minimum atomic E-state index is 0.723. The van der Waals surface area contributed by atoms with Crippen LogP contribution in [0.2, 0.25) is 0 Å². The molecule has 0 radical (unpaired) electrons. The maximum Gasteiger partial charge on any atom is 0.0637 e. The summed E-state index contributed by atoms with van der Waals surface area (Å²) in [6.45, 7) is 4.96. The average Bonchev–Trinajstić information content (AvgIpc) is 2.77. The van der Waals surface area contributed by atoms with Gasteiger partial charge in [-0.05, 0) is 37.9 Å². The predicted octanol–water partition coefficient (Wildman–Crippen LogP) is 0.646. The Bertz CT molecular complexity index is 365. The second-order valence-corrected chi connectivity index (χ2v) is 5.43. The first-order valence-electron chi connectivity index (χ1n) is 6.75. The molecule has 2 bridgehead atoms. The molecule has 0 spiro atoms. The van der Waals surface area contributed by atoms with E-state index in [0.29, 0.717) is 0 Å². The first-order valence-corrected chi connectivity index (χ1v) is 6.75. The van der Waals surface area contributed by atoms with Gasteiger partial charge in [-0.25, -0.2) is 0 Å². The van der Waals surface area contributed by atoms with Crippen LogP contribution in [-0.4, -0.2) is 46.9 Å². The summed E-state index contributed by atoms with van der Waals surface area (Å²) in [4.78, 5) is 2.60. The van der Waals surface area contributed by atoms with Gasteiger partial charge in [0.1, 0.15) is 0 Å². The van der Waals surface area contributed by atoms with E-state index in [-0.39, 0.29) is 0 Å². The van der Waals surface area contributed by atoms with Crippen LogP contribution in [-0.2, 0) is 13.5 Å². The van der Waals surface area contributed by atoms with Crippen LogP contribution >= 0.6 is 0 Å². The Kier molecular flexibility index (Phi) is 3.16. The largest absolute Gasteiger partial charge is 0.312 e. The van der Waals surface area contributed by atoms with Crippen molar-refractivity contribution in [1.82, 2.24) is 20.0 Å². The highest BCUT2D eigenvalue weighted by Gasteiger charge is 2.33. The summed E-state index contributed by atoms with van der Waals surface area (Å²) in [6, 6.07) is 2.83. The summed E-state index contributed by atoms with van der Waals surface area (Å²) >= 11 is 0. The number of hydrogen-bond acceptors (Lipinski definition) is 3. The third-order valence-corrected chi connectivity index (χ3v) is 4.21. The van der Waals surface area contributed by atoms with Crippen LogP contribution in [0.25, 0.3) is 0 Å². The zero-order valence-corrected chi connectivity index (χ0v) is 10.6. The molecule has 94 valence electrons. The molecule has 0 aliphatic carbocycles. The molecule has 17 heavy (non-hydrogen) atoms. The van der Waals surface area contributed by atoms with Crippen LogP contribution in [0, 0.1) is 5.92 Å². The van der Waals surface area contributed by atoms with E-state index in [9.17, 15) is 0 Å². The number of nitrogens with zero attached hydrogens (tertiary/aromatic N) is 3. The SMILES string of the molecule is Cn1ccc(CCNC2CN3CCC2CC3)n1. The molecular weight excluding hydrogens is 212 g/mol. The topological polar surface area (TPSA) is 33.1 Å². The molecule has 1 aromatic heterocycles. The number of aryl methyl sites for hydroxylation is 1. The molecule has 1 aromatic rings. The van der Waals surface area contributed by atoms with E-state index in [2.05, 4.69) is 21.4 Å². The van der Waals surface area contributed by atoms with E-state index in [1.165, 1.54) is 38.2 Å². The van der Waals surface area contributed by atoms with E-state index < -0.39 is 0 Å². The lowest BCUT2D eigenvalue weighted by Crippen LogP contribution is -2.56. The van der Waals surface area contributed by atoms with Gasteiger partial charge in [0.05, 0.1) is 5.69 Å². The Morgan fingerprint density at radius 3 is 2.82 bits per heavy atom. The fourth-order valence-corrected chi connectivity index (χ4v) is 3.18.